The van der Waals surface area contributed by atoms with Crippen LogP contribution in [-0.2, 0) is 6.61 Å². The van der Waals surface area contributed by atoms with E-state index in [1.807, 2.05) is 66.7 Å². The van der Waals surface area contributed by atoms with Gasteiger partial charge in [0.05, 0.1) is 18.3 Å². The summed E-state index contributed by atoms with van der Waals surface area (Å²) in [5, 5.41) is 6.51. The van der Waals surface area contributed by atoms with Gasteiger partial charge in [-0.3, -0.25) is 4.79 Å². The number of nitrogens with zero attached hydrogens (tertiary/aromatic N) is 1. The summed E-state index contributed by atoms with van der Waals surface area (Å²) in [5.74, 6) is 0.638. The van der Waals surface area contributed by atoms with Gasteiger partial charge >= 0.3 is 0 Å². The van der Waals surface area contributed by atoms with Crippen LogP contribution in [0.4, 0.5) is 0 Å². The average Bonchev–Trinajstić information content (AvgIpc) is 2.83. The fourth-order valence-electron chi connectivity index (χ4n) is 3.24. The minimum absolute atomic E-state index is 0.298. The second kappa shape index (κ2) is 9.98. The summed E-state index contributed by atoms with van der Waals surface area (Å²) in [7, 11) is 1.55. The number of amides is 1. The van der Waals surface area contributed by atoms with Crippen LogP contribution in [0.1, 0.15) is 21.5 Å². The Morgan fingerprint density at radius 3 is 2.50 bits per heavy atom. The van der Waals surface area contributed by atoms with Crippen LogP contribution >= 0.6 is 11.6 Å². The lowest BCUT2D eigenvalue weighted by Crippen LogP contribution is -2.17. The molecule has 0 atom stereocenters. The van der Waals surface area contributed by atoms with Gasteiger partial charge in [-0.25, -0.2) is 5.43 Å². The van der Waals surface area contributed by atoms with Crippen LogP contribution in [0.2, 0.25) is 5.02 Å². The Morgan fingerprint density at radius 2 is 1.72 bits per heavy atom. The molecule has 0 spiro atoms. The molecule has 0 heterocycles. The number of fused-ring (bicyclic) bond motifs is 1. The zero-order valence-electron chi connectivity index (χ0n) is 17.4. The Bertz CT molecular complexity index is 1270. The van der Waals surface area contributed by atoms with Gasteiger partial charge in [-0.15, -0.1) is 0 Å². The molecule has 4 aromatic carbocycles. The largest absolute Gasteiger partial charge is 0.493 e. The van der Waals surface area contributed by atoms with Gasteiger partial charge in [-0.1, -0.05) is 72.3 Å². The topological polar surface area (TPSA) is 59.9 Å². The Labute approximate surface area is 191 Å². The number of carbonyl (C=O) groups excluding carboxylic acids is 1. The van der Waals surface area contributed by atoms with Crippen molar-refractivity contribution >= 4 is 34.5 Å². The maximum atomic E-state index is 12.4. The smallest absolute Gasteiger partial charge is 0.271 e. The highest BCUT2D eigenvalue weighted by atomic mass is 35.5. The Balaban J connectivity index is 1.44. The first kappa shape index (κ1) is 21.4. The molecule has 0 unspecified atom stereocenters. The summed E-state index contributed by atoms with van der Waals surface area (Å²) in [6, 6.07) is 26.6. The predicted octanol–water partition coefficient (Wildman–Crippen LogP) is 5.84. The summed E-state index contributed by atoms with van der Waals surface area (Å²) in [4.78, 5) is 12.4. The van der Waals surface area contributed by atoms with Gasteiger partial charge in [0.15, 0.2) is 11.5 Å². The Hall–Kier alpha value is -3.83. The number of rotatable bonds is 7. The van der Waals surface area contributed by atoms with Gasteiger partial charge in [0.25, 0.3) is 5.91 Å². The first-order valence-corrected chi connectivity index (χ1v) is 10.4. The number of hydrogen-bond donors (Lipinski definition) is 1. The standard InChI is InChI=1S/C26H21ClN2O3/c1-31-24-14-19(13-23(27)25(24)32-17-18-7-3-2-4-8-18)16-28-29-26(30)22-12-11-20-9-5-6-10-21(20)15-22/h2-16H,17H2,1H3,(H,29,30)/b28-16-. The molecule has 1 amide bonds. The van der Waals surface area contributed by atoms with Crippen molar-refractivity contribution in [1.82, 2.24) is 5.43 Å². The molecule has 4 rings (SSSR count). The number of hydrazone groups is 1. The Morgan fingerprint density at radius 1 is 0.969 bits per heavy atom. The second-order valence-corrected chi connectivity index (χ2v) is 7.48. The first-order chi connectivity index (χ1) is 15.6. The third kappa shape index (κ3) is 5.07. The fraction of sp³-hybridized carbons (Fsp3) is 0.0769. The molecule has 0 saturated carbocycles. The lowest BCUT2D eigenvalue weighted by Gasteiger charge is -2.13. The van der Waals surface area contributed by atoms with E-state index in [1.165, 1.54) is 6.21 Å². The molecule has 1 N–H and O–H groups in total. The minimum Gasteiger partial charge on any atom is -0.493 e. The van der Waals surface area contributed by atoms with E-state index in [2.05, 4.69) is 10.5 Å². The maximum Gasteiger partial charge on any atom is 0.271 e. The molecule has 32 heavy (non-hydrogen) atoms. The Kier molecular flexibility index (Phi) is 6.68. The van der Waals surface area contributed by atoms with Crippen molar-refractivity contribution in [1.29, 1.82) is 0 Å². The van der Waals surface area contributed by atoms with E-state index in [0.717, 1.165) is 16.3 Å². The average molecular weight is 445 g/mol. The molecular weight excluding hydrogens is 424 g/mol. The monoisotopic (exact) mass is 444 g/mol. The van der Waals surface area contributed by atoms with Crippen LogP contribution in [0, 0.1) is 0 Å². The number of hydrogen-bond acceptors (Lipinski definition) is 4. The molecule has 5 nitrogen and oxygen atoms in total. The van der Waals surface area contributed by atoms with Crippen molar-refractivity contribution in [2.24, 2.45) is 5.10 Å². The highest BCUT2D eigenvalue weighted by Crippen LogP contribution is 2.36. The zero-order valence-corrected chi connectivity index (χ0v) is 18.2. The highest BCUT2D eigenvalue weighted by molar-refractivity contribution is 6.32. The minimum atomic E-state index is -0.298. The fourth-order valence-corrected chi connectivity index (χ4v) is 3.52. The van der Waals surface area contributed by atoms with Crippen molar-refractivity contribution in [3.05, 3.63) is 107 Å². The van der Waals surface area contributed by atoms with E-state index in [0.29, 0.717) is 34.3 Å². The highest BCUT2D eigenvalue weighted by Gasteiger charge is 2.12. The SMILES string of the molecule is COc1cc(/C=N\NC(=O)c2ccc3ccccc3c2)cc(Cl)c1OCc1ccccc1. The van der Waals surface area contributed by atoms with E-state index in [1.54, 1.807) is 25.3 Å². The molecule has 6 heteroatoms. The number of nitrogens with one attached hydrogen (secondary N) is 1. The van der Waals surface area contributed by atoms with Gasteiger partial charge in [0.1, 0.15) is 6.61 Å². The van der Waals surface area contributed by atoms with Gasteiger partial charge in [-0.05, 0) is 46.2 Å². The molecule has 0 saturated heterocycles. The number of ether oxygens (including phenoxy) is 2. The summed E-state index contributed by atoms with van der Waals surface area (Å²) in [5.41, 5.74) is 4.76. The number of halogens is 1. The van der Waals surface area contributed by atoms with Gasteiger partial charge in [-0.2, -0.15) is 5.10 Å². The molecule has 160 valence electrons. The quantitative estimate of drug-likeness (QED) is 0.287. The van der Waals surface area contributed by atoms with Crippen molar-refractivity contribution in [2.75, 3.05) is 7.11 Å². The van der Waals surface area contributed by atoms with E-state index in [4.69, 9.17) is 21.1 Å². The summed E-state index contributed by atoms with van der Waals surface area (Å²) in [6.45, 7) is 0.367. The lowest BCUT2D eigenvalue weighted by atomic mass is 10.1. The normalized spacial score (nSPS) is 10.9. The molecule has 4 aromatic rings. The molecule has 0 aliphatic carbocycles. The number of methoxy groups -OCH3 is 1. The van der Waals surface area contributed by atoms with Crippen molar-refractivity contribution in [2.45, 2.75) is 6.61 Å². The summed E-state index contributed by atoms with van der Waals surface area (Å²) >= 11 is 6.42. The molecule has 0 fully saturated rings. The van der Waals surface area contributed by atoms with Gasteiger partial charge in [0, 0.05) is 5.56 Å². The molecule has 0 radical (unpaired) electrons. The number of carbonyl (C=O) groups is 1. The van der Waals surface area contributed by atoms with Crippen LogP contribution in [0.5, 0.6) is 11.5 Å². The van der Waals surface area contributed by atoms with E-state index >= 15 is 0 Å². The summed E-state index contributed by atoms with van der Waals surface area (Å²) < 4.78 is 11.3. The summed E-state index contributed by atoms with van der Waals surface area (Å²) in [6.07, 6.45) is 1.51. The van der Waals surface area contributed by atoms with Crippen LogP contribution < -0.4 is 14.9 Å². The molecule has 0 aliphatic heterocycles. The van der Waals surface area contributed by atoms with Crippen molar-refractivity contribution in [3.8, 4) is 11.5 Å². The lowest BCUT2D eigenvalue weighted by molar-refractivity contribution is 0.0955. The van der Waals surface area contributed by atoms with Crippen LogP contribution in [0.25, 0.3) is 10.8 Å². The molecule has 0 aliphatic rings. The van der Waals surface area contributed by atoms with Crippen molar-refractivity contribution < 1.29 is 14.3 Å². The molecule has 0 aromatic heterocycles. The maximum absolute atomic E-state index is 12.4. The second-order valence-electron chi connectivity index (χ2n) is 7.07. The van der Waals surface area contributed by atoms with Gasteiger partial charge in [0.2, 0.25) is 0 Å². The molecular formula is C26H21ClN2O3. The third-order valence-corrected chi connectivity index (χ3v) is 5.15. The van der Waals surface area contributed by atoms with Crippen molar-refractivity contribution in [3.63, 3.8) is 0 Å². The van der Waals surface area contributed by atoms with Crippen LogP contribution in [-0.4, -0.2) is 19.2 Å². The molecule has 0 bridgehead atoms. The van der Waals surface area contributed by atoms with E-state index < -0.39 is 0 Å². The first-order valence-electron chi connectivity index (χ1n) is 10.0. The van der Waals surface area contributed by atoms with E-state index in [9.17, 15) is 4.79 Å². The number of benzene rings is 4. The van der Waals surface area contributed by atoms with Gasteiger partial charge < -0.3 is 9.47 Å². The third-order valence-electron chi connectivity index (χ3n) is 4.87. The van der Waals surface area contributed by atoms with Crippen LogP contribution in [0.3, 0.4) is 0 Å². The zero-order chi connectivity index (χ0) is 22.3. The predicted molar refractivity (Wildman–Crippen MR) is 128 cm³/mol. The van der Waals surface area contributed by atoms with E-state index in [-0.39, 0.29) is 5.91 Å². The van der Waals surface area contributed by atoms with Crippen LogP contribution in [0.15, 0.2) is 90.0 Å².